The second-order valence-electron chi connectivity index (χ2n) is 5.93. The Kier molecular flexibility index (Phi) is 4.12. The molecule has 1 aliphatic rings. The summed E-state index contributed by atoms with van der Waals surface area (Å²) in [6.45, 7) is 0.204. The molecule has 6 heteroatoms. The number of ether oxygens (including phenoxy) is 1. The number of pyridine rings is 1. The lowest BCUT2D eigenvalue weighted by Crippen LogP contribution is -2.25. The number of anilines is 1. The van der Waals surface area contributed by atoms with Crippen molar-refractivity contribution in [3.05, 3.63) is 66.4 Å². The summed E-state index contributed by atoms with van der Waals surface area (Å²) in [6.07, 6.45) is 10.7. The zero-order valence-corrected chi connectivity index (χ0v) is 13.9. The number of carbonyl (C=O) groups excluding carboxylic acids is 1. The Bertz CT molecular complexity index is 989. The molecule has 1 amide bonds. The molecule has 4 rings (SSSR count). The molecule has 3 heterocycles. The maximum Gasteiger partial charge on any atom is 0.226 e. The maximum absolute atomic E-state index is 12.3. The molecule has 2 aromatic heterocycles. The average Bonchev–Trinajstić information content (AvgIpc) is 3.10. The van der Waals surface area contributed by atoms with E-state index in [0.29, 0.717) is 18.0 Å². The highest BCUT2D eigenvalue weighted by molar-refractivity contribution is 5.94. The minimum Gasteiger partial charge on any atom is -0.481 e. The molecule has 0 bridgehead atoms. The number of fused-ring (bicyclic) bond motifs is 1. The number of hydrogen-bond acceptors (Lipinski definition) is 4. The van der Waals surface area contributed by atoms with Gasteiger partial charge in [0.1, 0.15) is 24.5 Å². The molecule has 26 heavy (non-hydrogen) atoms. The number of benzene rings is 1. The molecule has 1 aromatic carbocycles. The predicted molar refractivity (Wildman–Crippen MR) is 97.2 cm³/mol. The quantitative estimate of drug-likeness (QED) is 0.739. The molecular formula is C20H16N4O2. The molecule has 1 atom stereocenters. The third-order valence-electron chi connectivity index (χ3n) is 4.28. The Labute approximate surface area is 150 Å². The molecule has 0 unspecified atom stereocenters. The summed E-state index contributed by atoms with van der Waals surface area (Å²) in [5.74, 6) is 3.61. The molecule has 0 saturated heterocycles. The second kappa shape index (κ2) is 6.73. The second-order valence-corrected chi connectivity index (χ2v) is 5.93. The lowest BCUT2D eigenvalue weighted by Gasteiger charge is -2.23. The Morgan fingerprint density at radius 3 is 3.08 bits per heavy atom. The van der Waals surface area contributed by atoms with E-state index in [1.54, 1.807) is 18.7 Å². The SMILES string of the molecule is C#CCOc1cccc([C@@H]2CC(=O)Nc3c2ncn3-c2cccnc2)c1. The summed E-state index contributed by atoms with van der Waals surface area (Å²) in [6, 6.07) is 11.4. The molecule has 1 N–H and O–H groups in total. The van der Waals surface area contributed by atoms with Crippen LogP contribution in [0.15, 0.2) is 55.1 Å². The van der Waals surface area contributed by atoms with Gasteiger partial charge in [-0.2, -0.15) is 0 Å². The van der Waals surface area contributed by atoms with E-state index < -0.39 is 0 Å². The van der Waals surface area contributed by atoms with Crippen LogP contribution >= 0.6 is 0 Å². The highest BCUT2D eigenvalue weighted by atomic mass is 16.5. The Balaban J connectivity index is 1.74. The van der Waals surface area contributed by atoms with E-state index in [-0.39, 0.29) is 18.4 Å². The van der Waals surface area contributed by atoms with Crippen LogP contribution < -0.4 is 10.1 Å². The van der Waals surface area contributed by atoms with E-state index in [2.05, 4.69) is 21.2 Å². The van der Waals surface area contributed by atoms with Crippen LogP contribution in [0.3, 0.4) is 0 Å². The number of nitrogens with one attached hydrogen (secondary N) is 1. The molecule has 0 saturated carbocycles. The minimum absolute atomic E-state index is 0.0527. The highest BCUT2D eigenvalue weighted by Crippen LogP contribution is 2.38. The fraction of sp³-hybridized carbons (Fsp3) is 0.150. The van der Waals surface area contributed by atoms with Gasteiger partial charge in [0.15, 0.2) is 0 Å². The topological polar surface area (TPSA) is 69.0 Å². The van der Waals surface area contributed by atoms with Gasteiger partial charge in [0.05, 0.1) is 17.6 Å². The van der Waals surface area contributed by atoms with Crippen molar-refractivity contribution in [1.82, 2.24) is 14.5 Å². The van der Waals surface area contributed by atoms with Crippen molar-refractivity contribution in [2.24, 2.45) is 0 Å². The van der Waals surface area contributed by atoms with Gasteiger partial charge in [0.2, 0.25) is 5.91 Å². The molecule has 0 fully saturated rings. The van der Waals surface area contributed by atoms with Gasteiger partial charge in [-0.25, -0.2) is 4.98 Å². The number of imidazole rings is 1. The van der Waals surface area contributed by atoms with Crippen molar-refractivity contribution in [1.29, 1.82) is 0 Å². The van der Waals surface area contributed by atoms with Gasteiger partial charge >= 0.3 is 0 Å². The lowest BCUT2D eigenvalue weighted by molar-refractivity contribution is -0.116. The minimum atomic E-state index is -0.147. The molecule has 3 aromatic rings. The normalized spacial score (nSPS) is 15.7. The van der Waals surface area contributed by atoms with Crippen LogP contribution in [0.1, 0.15) is 23.6 Å². The molecule has 0 radical (unpaired) electrons. The molecule has 128 valence electrons. The van der Waals surface area contributed by atoms with Gasteiger partial charge in [-0.15, -0.1) is 6.42 Å². The summed E-state index contributed by atoms with van der Waals surface area (Å²) in [5, 5.41) is 2.93. The fourth-order valence-corrected chi connectivity index (χ4v) is 3.12. The van der Waals surface area contributed by atoms with E-state index in [0.717, 1.165) is 16.9 Å². The predicted octanol–water partition coefficient (Wildman–Crippen LogP) is 2.75. The zero-order chi connectivity index (χ0) is 17.9. The van der Waals surface area contributed by atoms with Crippen molar-refractivity contribution in [3.63, 3.8) is 0 Å². The van der Waals surface area contributed by atoms with Crippen molar-refractivity contribution < 1.29 is 9.53 Å². The smallest absolute Gasteiger partial charge is 0.226 e. The van der Waals surface area contributed by atoms with E-state index in [1.807, 2.05) is 41.0 Å². The Morgan fingerprint density at radius 1 is 1.35 bits per heavy atom. The van der Waals surface area contributed by atoms with Crippen molar-refractivity contribution >= 4 is 11.7 Å². The summed E-state index contributed by atoms with van der Waals surface area (Å²) in [4.78, 5) is 21.0. The number of carbonyl (C=O) groups is 1. The van der Waals surface area contributed by atoms with Crippen molar-refractivity contribution in [2.45, 2.75) is 12.3 Å². The first-order valence-electron chi connectivity index (χ1n) is 8.20. The first-order chi connectivity index (χ1) is 12.8. The molecule has 1 aliphatic heterocycles. The van der Waals surface area contributed by atoms with Gasteiger partial charge in [-0.1, -0.05) is 18.1 Å². The van der Waals surface area contributed by atoms with Gasteiger partial charge < -0.3 is 10.1 Å². The van der Waals surface area contributed by atoms with Crippen LogP contribution in [0.25, 0.3) is 5.69 Å². The standard InChI is InChI=1S/C20H16N4O2/c1-2-9-26-16-7-3-5-14(10-16)17-11-18(25)23-20-19(17)22-13-24(20)15-6-4-8-21-12-15/h1,3-8,10,12-13,17H,9,11H2,(H,23,25)/t17-/m0/s1. The maximum atomic E-state index is 12.3. The monoisotopic (exact) mass is 344 g/mol. The van der Waals surface area contributed by atoms with Crippen molar-refractivity contribution in [2.75, 3.05) is 11.9 Å². The summed E-state index contributed by atoms with van der Waals surface area (Å²) < 4.78 is 7.34. The molecular weight excluding hydrogens is 328 g/mol. The van der Waals surface area contributed by atoms with E-state index >= 15 is 0 Å². The lowest BCUT2D eigenvalue weighted by atomic mass is 9.89. The zero-order valence-electron chi connectivity index (χ0n) is 13.9. The van der Waals surface area contributed by atoms with E-state index in [4.69, 9.17) is 11.2 Å². The highest BCUT2D eigenvalue weighted by Gasteiger charge is 2.31. The first kappa shape index (κ1) is 15.9. The number of terminal acetylenes is 1. The third-order valence-corrected chi connectivity index (χ3v) is 4.28. The first-order valence-corrected chi connectivity index (χ1v) is 8.20. The number of aromatic nitrogens is 3. The molecule has 0 aliphatic carbocycles. The summed E-state index contributed by atoms with van der Waals surface area (Å²) in [5.41, 5.74) is 2.63. The van der Waals surface area contributed by atoms with Gasteiger partial charge in [0, 0.05) is 18.5 Å². The number of hydrogen-bond donors (Lipinski definition) is 1. The van der Waals surface area contributed by atoms with Crippen LogP contribution in [-0.4, -0.2) is 27.0 Å². The molecule has 6 nitrogen and oxygen atoms in total. The summed E-state index contributed by atoms with van der Waals surface area (Å²) >= 11 is 0. The van der Waals surface area contributed by atoms with Crippen molar-refractivity contribution in [3.8, 4) is 23.8 Å². The van der Waals surface area contributed by atoms with Crippen LogP contribution in [0, 0.1) is 12.3 Å². The summed E-state index contributed by atoms with van der Waals surface area (Å²) in [7, 11) is 0. The van der Waals surface area contributed by atoms with Crippen LogP contribution in [-0.2, 0) is 4.79 Å². The van der Waals surface area contributed by atoms with E-state index in [9.17, 15) is 4.79 Å². The number of rotatable bonds is 4. The molecule has 0 spiro atoms. The Hall–Kier alpha value is -3.59. The van der Waals surface area contributed by atoms with Crippen LogP contribution in [0.4, 0.5) is 5.82 Å². The van der Waals surface area contributed by atoms with E-state index in [1.165, 1.54) is 0 Å². The largest absolute Gasteiger partial charge is 0.481 e. The van der Waals surface area contributed by atoms with Crippen LogP contribution in [0.2, 0.25) is 0 Å². The van der Waals surface area contributed by atoms with Crippen LogP contribution in [0.5, 0.6) is 5.75 Å². The average molecular weight is 344 g/mol. The number of amides is 1. The fourth-order valence-electron chi connectivity index (χ4n) is 3.12. The Morgan fingerprint density at radius 2 is 2.27 bits per heavy atom. The third kappa shape index (κ3) is 2.91. The number of nitrogens with zero attached hydrogens (tertiary/aromatic N) is 3. The van der Waals surface area contributed by atoms with Gasteiger partial charge in [-0.05, 0) is 29.8 Å². The van der Waals surface area contributed by atoms with Gasteiger partial charge in [-0.3, -0.25) is 14.3 Å². The van der Waals surface area contributed by atoms with Gasteiger partial charge in [0.25, 0.3) is 0 Å².